The van der Waals surface area contributed by atoms with Gasteiger partial charge < -0.3 is 14.6 Å². The van der Waals surface area contributed by atoms with Crippen LogP contribution in [0.25, 0.3) is 10.8 Å². The predicted molar refractivity (Wildman–Crippen MR) is 130 cm³/mol. The SMILES string of the molecule is Cc1ccccc1OCc1c(C(=O)Nc2cnn(Cc3cccc4ccccc34)c2)noc1C. The number of amides is 1. The second-order valence-electron chi connectivity index (χ2n) is 8.14. The normalized spacial score (nSPS) is 11.0. The minimum Gasteiger partial charge on any atom is -0.488 e. The van der Waals surface area contributed by atoms with E-state index in [1.54, 1.807) is 24.0 Å². The molecule has 34 heavy (non-hydrogen) atoms. The monoisotopic (exact) mass is 452 g/mol. The van der Waals surface area contributed by atoms with Gasteiger partial charge in [0, 0.05) is 6.20 Å². The lowest BCUT2D eigenvalue weighted by Gasteiger charge is -2.09. The number of para-hydroxylation sites is 1. The summed E-state index contributed by atoms with van der Waals surface area (Å²) in [5, 5.41) is 13.6. The maximum atomic E-state index is 12.9. The lowest BCUT2D eigenvalue weighted by molar-refractivity contribution is 0.101. The van der Waals surface area contributed by atoms with Crippen molar-refractivity contribution in [1.29, 1.82) is 0 Å². The van der Waals surface area contributed by atoms with Crippen LogP contribution < -0.4 is 10.1 Å². The molecule has 0 atom stereocenters. The number of carbonyl (C=O) groups excluding carboxylic acids is 1. The summed E-state index contributed by atoms with van der Waals surface area (Å²) in [6.45, 7) is 4.51. The van der Waals surface area contributed by atoms with Crippen LogP contribution in [0.15, 0.2) is 83.6 Å². The molecule has 0 fully saturated rings. The van der Waals surface area contributed by atoms with Crippen molar-refractivity contribution in [2.75, 3.05) is 5.32 Å². The molecule has 0 saturated carbocycles. The van der Waals surface area contributed by atoms with Gasteiger partial charge in [-0.05, 0) is 41.8 Å². The second-order valence-corrected chi connectivity index (χ2v) is 8.14. The maximum absolute atomic E-state index is 12.9. The number of rotatable bonds is 7. The summed E-state index contributed by atoms with van der Waals surface area (Å²) in [6, 6.07) is 22.2. The molecule has 0 aliphatic rings. The van der Waals surface area contributed by atoms with Gasteiger partial charge in [-0.2, -0.15) is 5.10 Å². The molecule has 7 nitrogen and oxygen atoms in total. The Hall–Kier alpha value is -4.39. The number of ether oxygens (including phenoxy) is 1. The number of nitrogens with zero attached hydrogens (tertiary/aromatic N) is 3. The second kappa shape index (κ2) is 9.23. The number of hydrogen-bond donors (Lipinski definition) is 1. The number of aromatic nitrogens is 3. The van der Waals surface area contributed by atoms with Gasteiger partial charge in [0.05, 0.1) is 24.0 Å². The molecule has 0 saturated heterocycles. The van der Waals surface area contributed by atoms with Crippen molar-refractivity contribution >= 4 is 22.4 Å². The van der Waals surface area contributed by atoms with E-state index in [9.17, 15) is 4.79 Å². The highest BCUT2D eigenvalue weighted by Gasteiger charge is 2.21. The van der Waals surface area contributed by atoms with Crippen molar-refractivity contribution in [3.8, 4) is 5.75 Å². The summed E-state index contributed by atoms with van der Waals surface area (Å²) >= 11 is 0. The molecule has 0 bridgehead atoms. The number of anilines is 1. The van der Waals surface area contributed by atoms with E-state index >= 15 is 0 Å². The van der Waals surface area contributed by atoms with E-state index in [0.717, 1.165) is 16.9 Å². The molecule has 2 aromatic heterocycles. The summed E-state index contributed by atoms with van der Waals surface area (Å²) in [5.74, 6) is 0.930. The first kappa shape index (κ1) is 21.5. The topological polar surface area (TPSA) is 82.2 Å². The van der Waals surface area contributed by atoms with Crippen molar-refractivity contribution in [2.45, 2.75) is 27.0 Å². The van der Waals surface area contributed by atoms with Crippen LogP contribution in [0.5, 0.6) is 5.75 Å². The number of fused-ring (bicyclic) bond motifs is 1. The molecular weight excluding hydrogens is 428 g/mol. The van der Waals surface area contributed by atoms with E-state index in [0.29, 0.717) is 23.6 Å². The first-order chi connectivity index (χ1) is 16.6. The van der Waals surface area contributed by atoms with E-state index in [-0.39, 0.29) is 18.2 Å². The van der Waals surface area contributed by atoms with Gasteiger partial charge in [-0.3, -0.25) is 9.48 Å². The highest BCUT2D eigenvalue weighted by Crippen LogP contribution is 2.22. The molecule has 1 N–H and O–H groups in total. The third kappa shape index (κ3) is 4.41. The third-order valence-electron chi connectivity index (χ3n) is 5.77. The first-order valence-electron chi connectivity index (χ1n) is 11.0. The Morgan fingerprint density at radius 3 is 2.71 bits per heavy atom. The number of nitrogens with one attached hydrogen (secondary N) is 1. The van der Waals surface area contributed by atoms with Crippen LogP contribution in [0.1, 0.15) is 32.9 Å². The average molecular weight is 453 g/mol. The quantitative estimate of drug-likeness (QED) is 0.352. The first-order valence-corrected chi connectivity index (χ1v) is 11.0. The van der Waals surface area contributed by atoms with Gasteiger partial charge in [0.15, 0.2) is 5.69 Å². The van der Waals surface area contributed by atoms with Crippen LogP contribution >= 0.6 is 0 Å². The summed E-state index contributed by atoms with van der Waals surface area (Å²) in [7, 11) is 0. The van der Waals surface area contributed by atoms with Crippen LogP contribution in [-0.2, 0) is 13.2 Å². The molecule has 5 aromatic rings. The van der Waals surface area contributed by atoms with Gasteiger partial charge in [0.25, 0.3) is 5.91 Å². The van der Waals surface area contributed by atoms with Crippen LogP contribution in [0, 0.1) is 13.8 Å². The molecule has 0 spiro atoms. The number of aryl methyl sites for hydroxylation is 2. The van der Waals surface area contributed by atoms with Crippen LogP contribution in [0.2, 0.25) is 0 Å². The molecule has 0 aliphatic heterocycles. The van der Waals surface area contributed by atoms with E-state index < -0.39 is 0 Å². The Kier molecular flexibility index (Phi) is 5.82. The van der Waals surface area contributed by atoms with E-state index in [1.807, 2.05) is 49.4 Å². The Balaban J connectivity index is 1.29. The van der Waals surface area contributed by atoms with E-state index in [1.165, 1.54) is 10.8 Å². The zero-order valence-corrected chi connectivity index (χ0v) is 19.0. The Morgan fingerprint density at radius 2 is 1.82 bits per heavy atom. The third-order valence-corrected chi connectivity index (χ3v) is 5.77. The number of benzene rings is 3. The largest absolute Gasteiger partial charge is 0.488 e. The van der Waals surface area contributed by atoms with Crippen LogP contribution in [-0.4, -0.2) is 20.8 Å². The summed E-state index contributed by atoms with van der Waals surface area (Å²) in [6.07, 6.45) is 3.43. The minimum atomic E-state index is -0.370. The van der Waals surface area contributed by atoms with Gasteiger partial charge >= 0.3 is 0 Å². The average Bonchev–Trinajstić information content (AvgIpc) is 3.44. The molecule has 0 unspecified atom stereocenters. The molecule has 2 heterocycles. The molecule has 1 amide bonds. The zero-order chi connectivity index (χ0) is 23.5. The molecule has 7 heteroatoms. The number of carbonyl (C=O) groups is 1. The molecule has 5 rings (SSSR count). The summed E-state index contributed by atoms with van der Waals surface area (Å²) < 4.78 is 13.0. The van der Waals surface area contributed by atoms with E-state index in [2.05, 4.69) is 39.8 Å². The molecule has 0 radical (unpaired) electrons. The minimum absolute atomic E-state index is 0.184. The summed E-state index contributed by atoms with van der Waals surface area (Å²) in [4.78, 5) is 12.9. The smallest absolute Gasteiger partial charge is 0.278 e. The van der Waals surface area contributed by atoms with Gasteiger partial charge in [0.2, 0.25) is 0 Å². The molecule has 3 aromatic carbocycles. The van der Waals surface area contributed by atoms with Crippen molar-refractivity contribution in [1.82, 2.24) is 14.9 Å². The van der Waals surface area contributed by atoms with E-state index in [4.69, 9.17) is 9.26 Å². The van der Waals surface area contributed by atoms with Gasteiger partial charge in [-0.25, -0.2) is 0 Å². The van der Waals surface area contributed by atoms with Crippen molar-refractivity contribution in [3.05, 3.63) is 107 Å². The highest BCUT2D eigenvalue weighted by molar-refractivity contribution is 6.03. The molecular formula is C27H24N4O3. The van der Waals surface area contributed by atoms with Gasteiger partial charge in [-0.1, -0.05) is 65.8 Å². The van der Waals surface area contributed by atoms with Gasteiger partial charge in [-0.15, -0.1) is 0 Å². The standard InChI is InChI=1S/C27H24N4O3/c1-18-8-3-6-13-25(18)33-17-24-19(2)34-30-26(24)27(32)29-22-14-28-31(16-22)15-21-11-7-10-20-9-4-5-12-23(20)21/h3-14,16H,15,17H2,1-2H3,(H,29,32). The predicted octanol–water partition coefficient (Wildman–Crippen LogP) is 5.52. The van der Waals surface area contributed by atoms with Crippen molar-refractivity contribution in [2.24, 2.45) is 0 Å². The van der Waals surface area contributed by atoms with Crippen LogP contribution in [0.4, 0.5) is 5.69 Å². The Bertz CT molecular complexity index is 1460. The Labute approximate surface area is 197 Å². The lowest BCUT2D eigenvalue weighted by Crippen LogP contribution is -2.15. The van der Waals surface area contributed by atoms with Gasteiger partial charge in [0.1, 0.15) is 18.1 Å². The summed E-state index contributed by atoms with van der Waals surface area (Å²) in [5.41, 5.74) is 3.57. The Morgan fingerprint density at radius 1 is 1.03 bits per heavy atom. The number of hydrogen-bond acceptors (Lipinski definition) is 5. The highest BCUT2D eigenvalue weighted by atomic mass is 16.5. The fourth-order valence-electron chi connectivity index (χ4n) is 3.92. The van der Waals surface area contributed by atoms with Crippen molar-refractivity contribution in [3.63, 3.8) is 0 Å². The maximum Gasteiger partial charge on any atom is 0.278 e. The zero-order valence-electron chi connectivity index (χ0n) is 19.0. The fourth-order valence-corrected chi connectivity index (χ4v) is 3.92. The molecule has 0 aliphatic carbocycles. The van der Waals surface area contributed by atoms with Crippen LogP contribution in [0.3, 0.4) is 0 Å². The van der Waals surface area contributed by atoms with Crippen molar-refractivity contribution < 1.29 is 14.1 Å². The fraction of sp³-hybridized carbons (Fsp3) is 0.148. The lowest BCUT2D eigenvalue weighted by atomic mass is 10.0. The molecule has 170 valence electrons.